The summed E-state index contributed by atoms with van der Waals surface area (Å²) in [7, 11) is 0. The average molecular weight is 270 g/mol. The number of hydrogen-bond donors (Lipinski definition) is 0. The molecule has 60 valence electrons. The molecule has 0 fully saturated rings. The molecule has 0 aromatic rings. The van der Waals surface area contributed by atoms with Gasteiger partial charge in [-0.25, -0.2) is 0 Å². The summed E-state index contributed by atoms with van der Waals surface area (Å²) < 4.78 is 0. The van der Waals surface area contributed by atoms with Gasteiger partial charge in [0, 0.05) is 10.7 Å². The standard InChI is InChI=1S/C8H14Br2/c1-3-4-8(6-10)7(2)5-9/h8H,2-6H2,1H3. The van der Waals surface area contributed by atoms with Crippen LogP contribution in [0.25, 0.3) is 0 Å². The molecule has 0 spiro atoms. The Bertz CT molecular complexity index is 99.4. The first-order valence-electron chi connectivity index (χ1n) is 3.55. The van der Waals surface area contributed by atoms with Gasteiger partial charge in [0.25, 0.3) is 0 Å². The van der Waals surface area contributed by atoms with Crippen molar-refractivity contribution in [3.05, 3.63) is 12.2 Å². The number of alkyl halides is 2. The Hall–Kier alpha value is 0.700. The van der Waals surface area contributed by atoms with Crippen LogP contribution in [0.1, 0.15) is 19.8 Å². The van der Waals surface area contributed by atoms with E-state index >= 15 is 0 Å². The van der Waals surface area contributed by atoms with Gasteiger partial charge in [-0.05, 0) is 12.3 Å². The lowest BCUT2D eigenvalue weighted by atomic mass is 9.99. The third-order valence-corrected chi connectivity index (χ3v) is 3.07. The molecule has 0 amide bonds. The van der Waals surface area contributed by atoms with Gasteiger partial charge in [0.1, 0.15) is 0 Å². The molecule has 0 rings (SSSR count). The zero-order chi connectivity index (χ0) is 7.98. The van der Waals surface area contributed by atoms with E-state index in [4.69, 9.17) is 0 Å². The van der Waals surface area contributed by atoms with Crippen LogP contribution in [0.2, 0.25) is 0 Å². The fourth-order valence-electron chi connectivity index (χ4n) is 0.848. The minimum absolute atomic E-state index is 0.657. The van der Waals surface area contributed by atoms with Crippen LogP contribution in [0.15, 0.2) is 12.2 Å². The Balaban J connectivity index is 3.68. The van der Waals surface area contributed by atoms with E-state index in [0.29, 0.717) is 5.92 Å². The lowest BCUT2D eigenvalue weighted by Crippen LogP contribution is -2.05. The molecule has 0 heterocycles. The summed E-state index contributed by atoms with van der Waals surface area (Å²) in [5.74, 6) is 0.657. The van der Waals surface area contributed by atoms with Gasteiger partial charge in [0.05, 0.1) is 0 Å². The second-order valence-corrected chi connectivity index (χ2v) is 3.64. The van der Waals surface area contributed by atoms with Crippen molar-refractivity contribution in [3.63, 3.8) is 0 Å². The fourth-order valence-corrected chi connectivity index (χ4v) is 2.09. The third kappa shape index (κ3) is 3.77. The van der Waals surface area contributed by atoms with E-state index in [9.17, 15) is 0 Å². The van der Waals surface area contributed by atoms with Gasteiger partial charge in [0.2, 0.25) is 0 Å². The topological polar surface area (TPSA) is 0 Å². The Labute approximate surface area is 80.3 Å². The molecule has 1 unspecified atom stereocenters. The summed E-state index contributed by atoms with van der Waals surface area (Å²) in [4.78, 5) is 0. The van der Waals surface area contributed by atoms with Gasteiger partial charge < -0.3 is 0 Å². The molecule has 0 aliphatic heterocycles. The smallest absolute Gasteiger partial charge is 0.0242 e. The molecule has 0 radical (unpaired) electrons. The van der Waals surface area contributed by atoms with Gasteiger partial charge in [0.15, 0.2) is 0 Å². The maximum atomic E-state index is 3.99. The zero-order valence-electron chi connectivity index (χ0n) is 6.37. The highest BCUT2D eigenvalue weighted by molar-refractivity contribution is 9.09. The Morgan fingerprint density at radius 3 is 2.40 bits per heavy atom. The van der Waals surface area contributed by atoms with Crippen LogP contribution in [0, 0.1) is 5.92 Å². The Morgan fingerprint density at radius 2 is 2.10 bits per heavy atom. The first-order valence-corrected chi connectivity index (χ1v) is 5.80. The molecule has 0 aliphatic carbocycles. The molecule has 2 heteroatoms. The molecule has 0 aliphatic rings. The normalized spacial score (nSPS) is 13.1. The first kappa shape index (κ1) is 10.7. The molecule has 0 aromatic heterocycles. The molecular formula is C8H14Br2. The van der Waals surface area contributed by atoms with Crippen molar-refractivity contribution in [1.82, 2.24) is 0 Å². The predicted molar refractivity (Wildman–Crippen MR) is 55.1 cm³/mol. The van der Waals surface area contributed by atoms with Gasteiger partial charge >= 0.3 is 0 Å². The largest absolute Gasteiger partial charge is 0.0987 e. The second kappa shape index (κ2) is 6.41. The number of rotatable bonds is 5. The predicted octanol–water partition coefficient (Wildman–Crippen LogP) is 3.75. The first-order chi connectivity index (χ1) is 4.76. The highest BCUT2D eigenvalue weighted by atomic mass is 79.9. The van der Waals surface area contributed by atoms with Crippen molar-refractivity contribution in [3.8, 4) is 0 Å². The average Bonchev–Trinajstić information content (AvgIpc) is 1.99. The van der Waals surface area contributed by atoms with Crippen LogP contribution in [0.4, 0.5) is 0 Å². The summed E-state index contributed by atoms with van der Waals surface area (Å²) in [6.07, 6.45) is 2.48. The fraction of sp³-hybridized carbons (Fsp3) is 0.750. The molecule has 0 nitrogen and oxygen atoms in total. The molecule has 0 saturated heterocycles. The quantitative estimate of drug-likeness (QED) is 0.527. The number of hydrogen-bond acceptors (Lipinski definition) is 0. The summed E-state index contributed by atoms with van der Waals surface area (Å²) in [6, 6.07) is 0. The maximum absolute atomic E-state index is 3.99. The van der Waals surface area contributed by atoms with Gasteiger partial charge in [-0.2, -0.15) is 0 Å². The third-order valence-electron chi connectivity index (χ3n) is 1.57. The van der Waals surface area contributed by atoms with Crippen LogP contribution in [0.5, 0.6) is 0 Å². The van der Waals surface area contributed by atoms with E-state index in [0.717, 1.165) is 10.7 Å². The highest BCUT2D eigenvalue weighted by Crippen LogP contribution is 2.19. The van der Waals surface area contributed by atoms with Crippen molar-refractivity contribution in [2.75, 3.05) is 10.7 Å². The molecule has 0 bridgehead atoms. The maximum Gasteiger partial charge on any atom is 0.0242 e. The van der Waals surface area contributed by atoms with Crippen LogP contribution in [-0.4, -0.2) is 10.7 Å². The lowest BCUT2D eigenvalue weighted by Gasteiger charge is -2.13. The molecule has 10 heavy (non-hydrogen) atoms. The van der Waals surface area contributed by atoms with Gasteiger partial charge in [-0.1, -0.05) is 57.4 Å². The molecular weight excluding hydrogens is 256 g/mol. The second-order valence-electron chi connectivity index (χ2n) is 2.43. The van der Waals surface area contributed by atoms with Crippen molar-refractivity contribution in [2.45, 2.75) is 19.8 Å². The van der Waals surface area contributed by atoms with Crippen molar-refractivity contribution in [2.24, 2.45) is 5.92 Å². The van der Waals surface area contributed by atoms with Crippen LogP contribution in [0.3, 0.4) is 0 Å². The van der Waals surface area contributed by atoms with Gasteiger partial charge in [-0.3, -0.25) is 0 Å². The van der Waals surface area contributed by atoms with E-state index in [1.807, 2.05) is 0 Å². The Kier molecular flexibility index (Phi) is 6.86. The summed E-state index contributed by atoms with van der Waals surface area (Å²) in [5.41, 5.74) is 1.30. The van der Waals surface area contributed by atoms with Crippen LogP contribution in [-0.2, 0) is 0 Å². The molecule has 1 atom stereocenters. The number of allylic oxidation sites excluding steroid dienone is 1. The van der Waals surface area contributed by atoms with E-state index in [1.54, 1.807) is 0 Å². The van der Waals surface area contributed by atoms with E-state index in [2.05, 4.69) is 45.4 Å². The van der Waals surface area contributed by atoms with Crippen LogP contribution >= 0.6 is 31.9 Å². The summed E-state index contributed by atoms with van der Waals surface area (Å²) in [5, 5.41) is 1.98. The monoisotopic (exact) mass is 268 g/mol. The molecule has 0 saturated carbocycles. The minimum atomic E-state index is 0.657. The van der Waals surface area contributed by atoms with E-state index < -0.39 is 0 Å². The lowest BCUT2D eigenvalue weighted by molar-refractivity contribution is 0.618. The SMILES string of the molecule is C=C(CBr)C(CBr)CCC. The summed E-state index contributed by atoms with van der Waals surface area (Å²) in [6.45, 7) is 6.19. The van der Waals surface area contributed by atoms with Crippen molar-refractivity contribution >= 4 is 31.9 Å². The number of halogens is 2. The van der Waals surface area contributed by atoms with E-state index in [-0.39, 0.29) is 0 Å². The zero-order valence-corrected chi connectivity index (χ0v) is 9.54. The molecule has 0 N–H and O–H groups in total. The van der Waals surface area contributed by atoms with Gasteiger partial charge in [-0.15, -0.1) is 0 Å². The van der Waals surface area contributed by atoms with E-state index in [1.165, 1.54) is 18.4 Å². The summed E-state index contributed by atoms with van der Waals surface area (Å²) >= 11 is 6.88. The molecule has 0 aromatic carbocycles. The van der Waals surface area contributed by atoms with Crippen molar-refractivity contribution < 1.29 is 0 Å². The van der Waals surface area contributed by atoms with Crippen molar-refractivity contribution in [1.29, 1.82) is 0 Å². The highest BCUT2D eigenvalue weighted by Gasteiger charge is 2.07. The van der Waals surface area contributed by atoms with Crippen LogP contribution < -0.4 is 0 Å². The minimum Gasteiger partial charge on any atom is -0.0987 e. The Morgan fingerprint density at radius 1 is 1.50 bits per heavy atom.